The number of fused-ring (bicyclic) bond motifs is 6. The Balaban J connectivity index is 1.16. The quantitative estimate of drug-likeness (QED) is 0.174. The molecule has 10 aromatic rings. The Morgan fingerprint density at radius 2 is 0.961 bits per heavy atom. The van der Waals surface area contributed by atoms with Gasteiger partial charge in [0.1, 0.15) is 11.2 Å². The van der Waals surface area contributed by atoms with Gasteiger partial charge in [-0.05, 0) is 87.0 Å². The summed E-state index contributed by atoms with van der Waals surface area (Å²) in [6.07, 6.45) is 3.74. The van der Waals surface area contributed by atoms with Crippen LogP contribution in [0.5, 0.6) is 0 Å². The van der Waals surface area contributed by atoms with Gasteiger partial charge in [-0.3, -0.25) is 9.97 Å². The molecule has 0 aliphatic carbocycles. The normalized spacial score (nSPS) is 11.5. The predicted molar refractivity (Wildman–Crippen MR) is 212 cm³/mol. The zero-order valence-corrected chi connectivity index (χ0v) is 27.6. The molecule has 238 valence electrons. The van der Waals surface area contributed by atoms with E-state index < -0.39 is 0 Å². The maximum absolute atomic E-state index is 7.02. The van der Waals surface area contributed by atoms with Gasteiger partial charge >= 0.3 is 0 Å². The van der Waals surface area contributed by atoms with E-state index in [0.29, 0.717) is 0 Å². The second-order valence-electron chi connectivity index (χ2n) is 12.9. The largest absolute Gasteiger partial charge is 0.455 e. The first-order valence-electron chi connectivity index (χ1n) is 17.2. The molecule has 0 aliphatic heterocycles. The molecule has 0 radical (unpaired) electrons. The molecule has 0 N–H and O–H groups in total. The van der Waals surface area contributed by atoms with Crippen LogP contribution >= 0.6 is 0 Å². The molecule has 0 unspecified atom stereocenters. The Hall–Kier alpha value is -6.84. The second kappa shape index (κ2) is 11.9. The molecule has 51 heavy (non-hydrogen) atoms. The second-order valence-corrected chi connectivity index (χ2v) is 12.9. The lowest BCUT2D eigenvalue weighted by Gasteiger charge is -2.11. The number of rotatable bonds is 5. The molecule has 0 amide bonds. The molecule has 3 heteroatoms. The van der Waals surface area contributed by atoms with E-state index in [0.717, 1.165) is 77.1 Å². The highest BCUT2D eigenvalue weighted by Crippen LogP contribution is 2.46. The van der Waals surface area contributed by atoms with Crippen molar-refractivity contribution < 1.29 is 4.42 Å². The zero-order valence-electron chi connectivity index (χ0n) is 27.6. The number of benzene rings is 7. The fourth-order valence-electron chi connectivity index (χ4n) is 7.55. The molecule has 3 heterocycles. The SMILES string of the molecule is c1ccc(-c2cccc(-c3ccc(-c4cccc5c4oc4c(-c6ccccc6)ccc(-c6ccnc7c6ccc6ncccc67)c45)cc3)c2)cc1. The van der Waals surface area contributed by atoms with Crippen molar-refractivity contribution in [2.45, 2.75) is 0 Å². The van der Waals surface area contributed by atoms with E-state index >= 15 is 0 Å². The first kappa shape index (κ1) is 29.1. The van der Waals surface area contributed by atoms with Crippen LogP contribution in [0.3, 0.4) is 0 Å². The maximum Gasteiger partial charge on any atom is 0.143 e. The lowest BCUT2D eigenvalue weighted by Crippen LogP contribution is -1.89. The fourth-order valence-corrected chi connectivity index (χ4v) is 7.55. The van der Waals surface area contributed by atoms with Gasteiger partial charge in [0.05, 0.1) is 11.0 Å². The molecule has 0 saturated carbocycles. The minimum Gasteiger partial charge on any atom is -0.455 e. The Bertz CT molecular complexity index is 2890. The van der Waals surface area contributed by atoms with E-state index in [1.807, 2.05) is 18.5 Å². The Morgan fingerprint density at radius 3 is 1.76 bits per heavy atom. The minimum absolute atomic E-state index is 0.878. The average Bonchev–Trinajstić information content (AvgIpc) is 3.61. The molecule has 10 rings (SSSR count). The molecule has 3 nitrogen and oxygen atoms in total. The van der Waals surface area contributed by atoms with Gasteiger partial charge in [-0.1, -0.05) is 127 Å². The molecule has 7 aromatic carbocycles. The first-order valence-corrected chi connectivity index (χ1v) is 17.2. The molecule has 0 bridgehead atoms. The van der Waals surface area contributed by atoms with Crippen molar-refractivity contribution in [2.75, 3.05) is 0 Å². The van der Waals surface area contributed by atoms with Gasteiger partial charge < -0.3 is 4.42 Å². The van der Waals surface area contributed by atoms with Crippen LogP contribution in [0, 0.1) is 0 Å². The van der Waals surface area contributed by atoms with E-state index in [1.54, 1.807) is 0 Å². The molecule has 0 spiro atoms. The third-order valence-corrected chi connectivity index (χ3v) is 10.0. The van der Waals surface area contributed by atoms with E-state index in [4.69, 9.17) is 9.40 Å². The number of aromatic nitrogens is 2. The van der Waals surface area contributed by atoms with Crippen LogP contribution in [-0.2, 0) is 0 Å². The summed E-state index contributed by atoms with van der Waals surface area (Å²) in [6.45, 7) is 0. The number of nitrogens with zero attached hydrogens (tertiary/aromatic N) is 2. The summed E-state index contributed by atoms with van der Waals surface area (Å²) in [4.78, 5) is 9.41. The van der Waals surface area contributed by atoms with Gasteiger partial charge in [0.25, 0.3) is 0 Å². The van der Waals surface area contributed by atoms with Crippen molar-refractivity contribution in [2.24, 2.45) is 0 Å². The van der Waals surface area contributed by atoms with Crippen molar-refractivity contribution in [1.29, 1.82) is 0 Å². The van der Waals surface area contributed by atoms with Crippen LogP contribution in [-0.4, -0.2) is 9.97 Å². The fraction of sp³-hybridized carbons (Fsp3) is 0. The van der Waals surface area contributed by atoms with Crippen molar-refractivity contribution >= 4 is 43.7 Å². The van der Waals surface area contributed by atoms with Crippen molar-refractivity contribution in [3.05, 3.63) is 182 Å². The summed E-state index contributed by atoms with van der Waals surface area (Å²) in [5, 5.41) is 4.32. The Labute approximate surface area is 295 Å². The number of furan rings is 1. The third-order valence-electron chi connectivity index (χ3n) is 10.0. The van der Waals surface area contributed by atoms with Gasteiger partial charge in [0, 0.05) is 45.1 Å². The van der Waals surface area contributed by atoms with Crippen LogP contribution in [0.2, 0.25) is 0 Å². The average molecular weight is 651 g/mol. The number of hydrogen-bond acceptors (Lipinski definition) is 3. The van der Waals surface area contributed by atoms with Crippen LogP contribution in [0.4, 0.5) is 0 Å². The summed E-state index contributed by atoms with van der Waals surface area (Å²) in [5.41, 5.74) is 15.0. The molecular weight excluding hydrogens is 621 g/mol. The van der Waals surface area contributed by atoms with Crippen molar-refractivity contribution in [3.63, 3.8) is 0 Å². The minimum atomic E-state index is 0.878. The molecule has 3 aromatic heterocycles. The van der Waals surface area contributed by atoms with E-state index in [1.165, 1.54) is 22.3 Å². The molecule has 0 fully saturated rings. The van der Waals surface area contributed by atoms with Gasteiger partial charge in [-0.2, -0.15) is 0 Å². The third kappa shape index (κ3) is 4.90. The Kier molecular flexibility index (Phi) is 6.81. The van der Waals surface area contributed by atoms with Gasteiger partial charge in [0.15, 0.2) is 0 Å². The maximum atomic E-state index is 7.02. The van der Waals surface area contributed by atoms with Gasteiger partial charge in [-0.25, -0.2) is 0 Å². The number of hydrogen-bond donors (Lipinski definition) is 0. The summed E-state index contributed by atoms with van der Waals surface area (Å²) in [5.74, 6) is 0. The molecular formula is C48H30N2O. The van der Waals surface area contributed by atoms with Crippen molar-refractivity contribution in [1.82, 2.24) is 9.97 Å². The zero-order chi connectivity index (χ0) is 33.7. The molecule has 0 aliphatic rings. The summed E-state index contributed by atoms with van der Waals surface area (Å²) < 4.78 is 7.02. The number of para-hydroxylation sites is 1. The number of pyridine rings is 2. The summed E-state index contributed by atoms with van der Waals surface area (Å²) in [7, 11) is 0. The van der Waals surface area contributed by atoms with Crippen LogP contribution in [0.15, 0.2) is 187 Å². The molecule has 0 saturated heterocycles. The predicted octanol–water partition coefficient (Wildman–Crippen LogP) is 13.0. The van der Waals surface area contributed by atoms with Gasteiger partial charge in [-0.15, -0.1) is 0 Å². The smallest absolute Gasteiger partial charge is 0.143 e. The highest BCUT2D eigenvalue weighted by atomic mass is 16.3. The van der Waals surface area contributed by atoms with Crippen LogP contribution in [0.25, 0.3) is 99.4 Å². The van der Waals surface area contributed by atoms with Crippen molar-refractivity contribution in [3.8, 4) is 55.6 Å². The summed E-state index contributed by atoms with van der Waals surface area (Å²) >= 11 is 0. The highest BCUT2D eigenvalue weighted by molar-refractivity contribution is 6.21. The standard InChI is InChI=1S/C48H30N2O/c1-3-10-31(11-4-1)35-14-7-15-36(30-35)32-19-21-34(22-20-32)37-16-8-17-43-45-40(24-23-38(48(45)51-47(37)43)33-12-5-2-6-13-33)39-27-29-50-46-41(39)25-26-44-42(46)18-9-28-49-44/h1-30H. The lowest BCUT2D eigenvalue weighted by molar-refractivity contribution is 0.671. The molecule has 0 atom stereocenters. The lowest BCUT2D eigenvalue weighted by atomic mass is 9.92. The summed E-state index contributed by atoms with van der Waals surface area (Å²) in [6, 6.07) is 60.0. The van der Waals surface area contributed by atoms with Crippen LogP contribution in [0.1, 0.15) is 0 Å². The monoisotopic (exact) mass is 650 g/mol. The Morgan fingerprint density at radius 1 is 0.333 bits per heavy atom. The van der Waals surface area contributed by atoms with E-state index in [-0.39, 0.29) is 0 Å². The highest BCUT2D eigenvalue weighted by Gasteiger charge is 2.21. The topological polar surface area (TPSA) is 38.9 Å². The van der Waals surface area contributed by atoms with Crippen LogP contribution < -0.4 is 0 Å². The first-order chi connectivity index (χ1) is 25.3. The van der Waals surface area contributed by atoms with Gasteiger partial charge in [0.2, 0.25) is 0 Å². The van der Waals surface area contributed by atoms with E-state index in [9.17, 15) is 0 Å². The van der Waals surface area contributed by atoms with E-state index in [2.05, 4.69) is 169 Å².